The first-order valence-electron chi connectivity index (χ1n) is 12.5. The maximum Gasteiger partial charge on any atom is 0.410 e. The number of amides is 1. The maximum absolute atomic E-state index is 12.9. The minimum absolute atomic E-state index is 0.0999. The van der Waals surface area contributed by atoms with Gasteiger partial charge >= 0.3 is 12.1 Å². The molecule has 1 fully saturated rings. The second kappa shape index (κ2) is 10.7. The van der Waals surface area contributed by atoms with Crippen molar-refractivity contribution in [2.24, 2.45) is 5.92 Å². The van der Waals surface area contributed by atoms with Gasteiger partial charge in [0.15, 0.2) is 0 Å². The number of carbonyl (C=O) groups is 2. The van der Waals surface area contributed by atoms with Gasteiger partial charge in [-0.15, -0.1) is 0 Å². The number of methoxy groups -OCH3 is 3. The van der Waals surface area contributed by atoms with Gasteiger partial charge in [-0.3, -0.25) is 4.79 Å². The van der Waals surface area contributed by atoms with E-state index in [4.69, 9.17) is 18.9 Å². The number of nitrogens with zero attached hydrogens (tertiary/aromatic N) is 2. The molecule has 0 bridgehead atoms. The van der Waals surface area contributed by atoms with E-state index in [0.29, 0.717) is 19.5 Å². The summed E-state index contributed by atoms with van der Waals surface area (Å²) in [7, 11) is 4.67. The molecule has 3 aromatic rings. The van der Waals surface area contributed by atoms with Gasteiger partial charge in [0.25, 0.3) is 0 Å². The number of rotatable bonds is 6. The normalized spacial score (nSPS) is 17.9. The molecule has 8 nitrogen and oxygen atoms in total. The summed E-state index contributed by atoms with van der Waals surface area (Å²) in [6.07, 6.45) is 2.34. The number of esters is 1. The van der Waals surface area contributed by atoms with E-state index in [1.165, 1.54) is 7.11 Å². The van der Waals surface area contributed by atoms with Gasteiger partial charge in [-0.2, -0.15) is 0 Å². The lowest BCUT2D eigenvalue weighted by Gasteiger charge is -2.37. The minimum Gasteiger partial charge on any atom is -0.497 e. The Morgan fingerprint density at radius 1 is 1.00 bits per heavy atom. The minimum atomic E-state index is -0.606. The average Bonchev–Trinajstić information content (AvgIpc) is 3.24. The fourth-order valence-electron chi connectivity index (χ4n) is 5.06. The van der Waals surface area contributed by atoms with Crippen molar-refractivity contribution < 1.29 is 28.5 Å². The SMILES string of the molecule is COC(=O)[C@H]1CN(C(=O)OC(C)(C)C)CC[C@@H]1c1cn(Cc2cc(OC)cc(OC)c2)c2ccccc12. The van der Waals surface area contributed by atoms with Crippen molar-refractivity contribution >= 4 is 23.0 Å². The number of aromatic nitrogens is 1. The molecule has 0 N–H and O–H groups in total. The molecular formula is C29H36N2O6. The number of likely N-dealkylation sites (tertiary alicyclic amines) is 1. The number of piperidine rings is 1. The predicted octanol–water partition coefficient (Wildman–Crippen LogP) is 5.22. The molecule has 0 saturated carbocycles. The summed E-state index contributed by atoms with van der Waals surface area (Å²) >= 11 is 0. The lowest BCUT2D eigenvalue weighted by molar-refractivity contribution is -0.148. The number of carbonyl (C=O) groups excluding carboxylic acids is 2. The van der Waals surface area contributed by atoms with Gasteiger partial charge in [-0.1, -0.05) is 18.2 Å². The molecule has 2 heterocycles. The number of ether oxygens (including phenoxy) is 4. The summed E-state index contributed by atoms with van der Waals surface area (Å²) in [5.41, 5.74) is 2.57. The lowest BCUT2D eigenvalue weighted by Crippen LogP contribution is -2.47. The molecule has 198 valence electrons. The highest BCUT2D eigenvalue weighted by Gasteiger charge is 2.40. The Hall–Kier alpha value is -3.68. The van der Waals surface area contributed by atoms with Gasteiger partial charge < -0.3 is 28.4 Å². The third kappa shape index (κ3) is 5.84. The Morgan fingerprint density at radius 3 is 2.30 bits per heavy atom. The van der Waals surface area contributed by atoms with Crippen LogP contribution in [0.15, 0.2) is 48.7 Å². The van der Waals surface area contributed by atoms with Crippen LogP contribution in [0.3, 0.4) is 0 Å². The van der Waals surface area contributed by atoms with E-state index in [0.717, 1.165) is 33.5 Å². The Kier molecular flexibility index (Phi) is 7.66. The van der Waals surface area contributed by atoms with Crippen molar-refractivity contribution in [3.05, 3.63) is 59.8 Å². The van der Waals surface area contributed by atoms with Gasteiger partial charge in [-0.25, -0.2) is 4.79 Å². The Bertz CT molecular complexity index is 1250. The molecule has 8 heteroatoms. The van der Waals surface area contributed by atoms with Crippen LogP contribution in [0.5, 0.6) is 11.5 Å². The number of benzene rings is 2. The molecule has 0 spiro atoms. The highest BCUT2D eigenvalue weighted by atomic mass is 16.6. The van der Waals surface area contributed by atoms with Crippen LogP contribution in [0, 0.1) is 5.92 Å². The van der Waals surface area contributed by atoms with Crippen LogP contribution in [0.2, 0.25) is 0 Å². The van der Waals surface area contributed by atoms with E-state index in [9.17, 15) is 9.59 Å². The first-order valence-corrected chi connectivity index (χ1v) is 12.5. The van der Waals surface area contributed by atoms with Crippen LogP contribution in [-0.2, 0) is 20.8 Å². The predicted molar refractivity (Wildman–Crippen MR) is 141 cm³/mol. The van der Waals surface area contributed by atoms with E-state index < -0.39 is 17.6 Å². The zero-order chi connectivity index (χ0) is 26.7. The van der Waals surface area contributed by atoms with Crippen LogP contribution in [0.25, 0.3) is 10.9 Å². The van der Waals surface area contributed by atoms with Crippen molar-refractivity contribution in [1.29, 1.82) is 0 Å². The van der Waals surface area contributed by atoms with Crippen molar-refractivity contribution in [3.8, 4) is 11.5 Å². The van der Waals surface area contributed by atoms with Crippen LogP contribution in [0.4, 0.5) is 4.79 Å². The molecule has 1 aliphatic rings. The van der Waals surface area contributed by atoms with Crippen molar-refractivity contribution in [2.45, 2.75) is 45.3 Å². The molecule has 1 aromatic heterocycles. The Balaban J connectivity index is 1.68. The topological polar surface area (TPSA) is 79.2 Å². The summed E-state index contributed by atoms with van der Waals surface area (Å²) < 4.78 is 23.8. The smallest absolute Gasteiger partial charge is 0.410 e. The number of fused-ring (bicyclic) bond motifs is 1. The van der Waals surface area contributed by atoms with Crippen LogP contribution in [-0.4, -0.2) is 61.5 Å². The second-order valence-corrected chi connectivity index (χ2v) is 10.4. The highest BCUT2D eigenvalue weighted by molar-refractivity contribution is 5.86. The van der Waals surface area contributed by atoms with Crippen molar-refractivity contribution in [3.63, 3.8) is 0 Å². The zero-order valence-electron chi connectivity index (χ0n) is 22.4. The maximum atomic E-state index is 12.9. The first-order chi connectivity index (χ1) is 17.6. The Labute approximate surface area is 218 Å². The quantitative estimate of drug-likeness (QED) is 0.425. The molecule has 1 aliphatic heterocycles. The van der Waals surface area contributed by atoms with Crippen molar-refractivity contribution in [1.82, 2.24) is 9.47 Å². The van der Waals surface area contributed by atoms with Gasteiger partial charge in [0.1, 0.15) is 17.1 Å². The van der Waals surface area contributed by atoms with Gasteiger partial charge in [0, 0.05) is 48.7 Å². The fraction of sp³-hybridized carbons (Fsp3) is 0.448. The molecule has 0 radical (unpaired) electrons. The molecule has 2 atom stereocenters. The molecule has 0 aliphatic carbocycles. The zero-order valence-corrected chi connectivity index (χ0v) is 22.4. The average molecular weight is 509 g/mol. The summed E-state index contributed by atoms with van der Waals surface area (Å²) in [6.45, 7) is 6.86. The van der Waals surface area contributed by atoms with Crippen molar-refractivity contribution in [2.75, 3.05) is 34.4 Å². The molecule has 0 unspecified atom stereocenters. The molecular weight excluding hydrogens is 472 g/mol. The third-order valence-corrected chi connectivity index (χ3v) is 6.75. The molecule has 37 heavy (non-hydrogen) atoms. The van der Waals surface area contributed by atoms with E-state index in [1.807, 2.05) is 51.1 Å². The summed E-state index contributed by atoms with van der Waals surface area (Å²) in [4.78, 5) is 27.3. The standard InChI is InChI=1S/C29H36N2O6/c1-29(2,3)37-28(33)30-12-11-22(25(18-30)27(32)36-6)24-17-31(26-10-8-7-9-23(24)26)16-19-13-20(34-4)15-21(14-19)35-5/h7-10,13-15,17,22,25H,11-12,16,18H2,1-6H3/t22-,25+/m1/s1. The van der Waals surface area contributed by atoms with E-state index in [-0.39, 0.29) is 18.4 Å². The van der Waals surface area contributed by atoms with Gasteiger partial charge in [0.05, 0.1) is 27.2 Å². The lowest BCUT2D eigenvalue weighted by atomic mass is 9.80. The number of hydrogen-bond acceptors (Lipinski definition) is 6. The van der Waals surface area contributed by atoms with E-state index >= 15 is 0 Å². The van der Waals surface area contributed by atoms with Crippen LogP contribution >= 0.6 is 0 Å². The van der Waals surface area contributed by atoms with Crippen LogP contribution < -0.4 is 9.47 Å². The van der Waals surface area contributed by atoms with Gasteiger partial charge in [-0.05, 0) is 56.5 Å². The third-order valence-electron chi connectivity index (χ3n) is 6.75. The number of hydrogen-bond donors (Lipinski definition) is 0. The monoisotopic (exact) mass is 508 g/mol. The van der Waals surface area contributed by atoms with Crippen LogP contribution in [0.1, 0.15) is 44.2 Å². The number of para-hydroxylation sites is 1. The first kappa shape index (κ1) is 26.4. The molecule has 1 amide bonds. The largest absolute Gasteiger partial charge is 0.497 e. The molecule has 4 rings (SSSR count). The Morgan fingerprint density at radius 2 is 1.68 bits per heavy atom. The summed E-state index contributed by atoms with van der Waals surface area (Å²) in [5, 5.41) is 1.09. The summed E-state index contributed by atoms with van der Waals surface area (Å²) in [6, 6.07) is 14.0. The van der Waals surface area contributed by atoms with E-state index in [1.54, 1.807) is 19.1 Å². The molecule has 2 aromatic carbocycles. The second-order valence-electron chi connectivity index (χ2n) is 10.4. The van der Waals surface area contributed by atoms with Gasteiger partial charge in [0.2, 0.25) is 0 Å². The fourth-order valence-corrected chi connectivity index (χ4v) is 5.06. The highest BCUT2D eigenvalue weighted by Crippen LogP contribution is 2.39. The molecule has 1 saturated heterocycles. The summed E-state index contributed by atoms with van der Waals surface area (Å²) in [5.74, 6) is 0.532. The van der Waals surface area contributed by atoms with E-state index in [2.05, 4.69) is 22.9 Å².